The third kappa shape index (κ3) is 11.2. The van der Waals surface area contributed by atoms with Gasteiger partial charge in [0.1, 0.15) is 51.7 Å². The molecule has 0 saturated heterocycles. The van der Waals surface area contributed by atoms with Gasteiger partial charge in [0.25, 0.3) is 0 Å². The van der Waals surface area contributed by atoms with Crippen LogP contribution in [0.2, 0.25) is 0 Å². The van der Waals surface area contributed by atoms with Gasteiger partial charge in [-0.2, -0.15) is 10.2 Å². The molecule has 9 rings (SSSR count). The van der Waals surface area contributed by atoms with Gasteiger partial charge < -0.3 is 43.1 Å². The fourth-order valence-corrected chi connectivity index (χ4v) is 9.43. The number of carbonyl (C=O) groups is 1. The van der Waals surface area contributed by atoms with Crippen molar-refractivity contribution in [2.24, 2.45) is 0 Å². The molecule has 13 nitrogen and oxygen atoms in total. The van der Waals surface area contributed by atoms with E-state index in [2.05, 4.69) is 52.3 Å². The second-order valence-electron chi connectivity index (χ2n) is 16.6. The number of hydrogen-bond donors (Lipinski definition) is 0. The van der Waals surface area contributed by atoms with Gasteiger partial charge >= 0.3 is 51.4 Å². The zero-order chi connectivity index (χ0) is 51.5. The molecule has 74 heavy (non-hydrogen) atoms. The molecule has 1 atom stereocenters. The van der Waals surface area contributed by atoms with E-state index in [0.29, 0.717) is 5.56 Å². The number of aromatic nitrogens is 4. The van der Waals surface area contributed by atoms with Crippen molar-refractivity contribution in [3.05, 3.63) is 238 Å². The number of carboxylic acid groups (broad SMARTS) is 1. The number of aliphatic carboxylic acids is 1. The van der Waals surface area contributed by atoms with Crippen molar-refractivity contribution in [3.8, 4) is 45.6 Å². The Morgan fingerprint density at radius 2 is 0.716 bits per heavy atom. The fraction of sp³-hybridized carbons (Fsp3) is 0.169. The Hall–Kier alpha value is -6.69. The van der Waals surface area contributed by atoms with Crippen LogP contribution < -0.4 is 84.9 Å². The number of benzene rings is 7. The van der Waals surface area contributed by atoms with E-state index in [1.165, 1.54) is 7.11 Å². The maximum atomic E-state index is 11.5. The summed E-state index contributed by atoms with van der Waals surface area (Å²) >= 11 is 3.57. The number of ether oxygens (including phenoxy) is 7. The van der Waals surface area contributed by atoms with E-state index in [-0.39, 0.29) is 51.4 Å². The first kappa shape index (κ1) is 55.1. The molecule has 0 aliphatic rings. The van der Waals surface area contributed by atoms with Crippen molar-refractivity contribution in [2.45, 2.75) is 17.2 Å². The van der Waals surface area contributed by atoms with Gasteiger partial charge in [-0.3, -0.25) is 9.36 Å². The number of carbonyl (C=O) groups excluding carboxylic acids is 1. The van der Waals surface area contributed by atoms with Crippen LogP contribution >= 0.6 is 15.9 Å². The number of halogens is 1. The first-order valence-electron chi connectivity index (χ1n) is 23.0. The number of methoxy groups -OCH3 is 7. The third-order valence-corrected chi connectivity index (χ3v) is 13.3. The van der Waals surface area contributed by atoms with Crippen LogP contribution in [0.25, 0.3) is 11.1 Å². The van der Waals surface area contributed by atoms with Gasteiger partial charge in [-0.1, -0.05) is 97.1 Å². The maximum absolute atomic E-state index is 11.5. The van der Waals surface area contributed by atoms with Gasteiger partial charge in [0, 0.05) is 25.1 Å². The van der Waals surface area contributed by atoms with Crippen LogP contribution in [0, 0.1) is 0 Å². The van der Waals surface area contributed by atoms with E-state index in [1.54, 1.807) is 67.2 Å². The zero-order valence-electron chi connectivity index (χ0n) is 42.4. The number of hydrogen-bond acceptors (Lipinski definition) is 11. The number of rotatable bonds is 18. The molecule has 0 spiro atoms. The van der Waals surface area contributed by atoms with Gasteiger partial charge in [0.05, 0.1) is 65.5 Å². The monoisotopic (exact) mass is 1080 g/mol. The minimum atomic E-state index is -1.29. The van der Waals surface area contributed by atoms with E-state index in [9.17, 15) is 9.90 Å². The predicted octanol–water partition coefficient (Wildman–Crippen LogP) is 7.37. The van der Waals surface area contributed by atoms with Crippen LogP contribution in [0.15, 0.2) is 199 Å². The molecule has 1 unspecified atom stereocenters. The molecule has 0 radical (unpaired) electrons. The molecule has 0 amide bonds. The molecule has 2 heterocycles. The second-order valence-corrected chi connectivity index (χ2v) is 17.5. The Bertz CT molecular complexity index is 2970. The smallest absolute Gasteiger partial charge is 0.547 e. The Morgan fingerprint density at radius 3 is 0.959 bits per heavy atom. The molecular formula is C59H54BrKN4O9. The Labute approximate surface area is 482 Å². The van der Waals surface area contributed by atoms with Gasteiger partial charge in [-0.15, -0.1) is 0 Å². The van der Waals surface area contributed by atoms with Crippen molar-refractivity contribution < 1.29 is 94.4 Å². The molecule has 0 bridgehead atoms. The standard InChI is InChI=1S/C34H32N2O6.C25H23BrN2O3.K/c1-39-29-15-9-26(10-16-29)34(27-11-17-30(40-2)18-12-27,28-13-19-31(41-3)20-14-28)36-22-25(21-35-36)23-5-7-24(8-6-23)32(42-4)33(37)38;1-29-22-10-4-18(5-11-22)25(28-17-21(26)16-27-28,19-6-12-23(30-2)13-7-19)20-8-14-24(31-3)15-9-20;/h5-22,32H,1-4H3,(H,37,38);4-17H,1-3H3;/q;;+1/p-1. The molecule has 0 fully saturated rings. The van der Waals surface area contributed by atoms with Crippen molar-refractivity contribution in [3.63, 3.8) is 0 Å². The summed E-state index contributed by atoms with van der Waals surface area (Å²) in [7, 11) is 11.3. The SMILES string of the molecule is COc1ccc(C(c2ccc(OC)cc2)(c2ccc(OC)cc2)n2cc(-c3ccc(C(OC)C(=O)[O-])cc3)cn2)cc1.COc1ccc(C(c2ccc(OC)cc2)(c2ccc(OC)cc2)n2cc(Br)cn2)cc1.[K+]. The number of carboxylic acids is 1. The molecule has 372 valence electrons. The predicted molar refractivity (Wildman–Crippen MR) is 281 cm³/mol. The summed E-state index contributed by atoms with van der Waals surface area (Å²) in [5, 5.41) is 21.1. The minimum Gasteiger partial charge on any atom is -0.547 e. The van der Waals surface area contributed by atoms with Crippen molar-refractivity contribution in [1.82, 2.24) is 19.6 Å². The summed E-state index contributed by atoms with van der Waals surface area (Å²) in [6, 6.07) is 55.2. The molecular weight excluding hydrogens is 1030 g/mol. The minimum absolute atomic E-state index is 0. The summed E-state index contributed by atoms with van der Waals surface area (Å²) in [5.74, 6) is 3.32. The third-order valence-electron chi connectivity index (χ3n) is 12.9. The summed E-state index contributed by atoms with van der Waals surface area (Å²) < 4.78 is 42.5. The Morgan fingerprint density at radius 1 is 0.432 bits per heavy atom. The Kier molecular flexibility index (Phi) is 18.6. The largest absolute Gasteiger partial charge is 1.00 e. The van der Waals surface area contributed by atoms with E-state index < -0.39 is 23.2 Å². The van der Waals surface area contributed by atoms with Gasteiger partial charge in [0.15, 0.2) is 0 Å². The molecule has 9 aromatic rings. The normalized spacial score (nSPS) is 11.5. The van der Waals surface area contributed by atoms with Crippen molar-refractivity contribution in [1.29, 1.82) is 0 Å². The molecule has 0 aliphatic heterocycles. The van der Waals surface area contributed by atoms with E-state index in [4.69, 9.17) is 43.4 Å². The van der Waals surface area contributed by atoms with Crippen LogP contribution in [0.1, 0.15) is 45.0 Å². The number of nitrogens with zero attached hydrogens (tertiary/aromatic N) is 4. The van der Waals surface area contributed by atoms with E-state index >= 15 is 0 Å². The average molecular weight is 1080 g/mol. The zero-order valence-corrected chi connectivity index (χ0v) is 47.1. The molecule has 0 aliphatic carbocycles. The molecule has 15 heteroatoms. The Balaban J connectivity index is 0.000000223. The van der Waals surface area contributed by atoms with Crippen molar-refractivity contribution in [2.75, 3.05) is 49.8 Å². The van der Waals surface area contributed by atoms with Crippen LogP contribution in [0.5, 0.6) is 34.5 Å². The van der Waals surface area contributed by atoms with Crippen LogP contribution in [0.3, 0.4) is 0 Å². The maximum Gasteiger partial charge on any atom is 1.00 e. The van der Waals surface area contributed by atoms with Gasteiger partial charge in [0.2, 0.25) is 0 Å². The average Bonchev–Trinajstić information content (AvgIpc) is 4.13. The molecule has 2 aromatic heterocycles. The fourth-order valence-electron chi connectivity index (χ4n) is 9.15. The second kappa shape index (κ2) is 25.0. The summed E-state index contributed by atoms with van der Waals surface area (Å²) in [5.41, 5.74) is 6.60. The van der Waals surface area contributed by atoms with E-state index in [0.717, 1.165) is 83.5 Å². The van der Waals surface area contributed by atoms with Crippen LogP contribution in [0.4, 0.5) is 0 Å². The van der Waals surface area contributed by atoms with Crippen LogP contribution in [-0.2, 0) is 20.6 Å². The molecule has 0 N–H and O–H groups in total. The summed E-state index contributed by atoms with van der Waals surface area (Å²) in [4.78, 5) is 11.5. The van der Waals surface area contributed by atoms with E-state index in [1.807, 2.05) is 143 Å². The summed E-state index contributed by atoms with van der Waals surface area (Å²) in [6.45, 7) is 0. The molecule has 7 aromatic carbocycles. The molecule has 0 saturated carbocycles. The first-order valence-corrected chi connectivity index (χ1v) is 23.8. The topological polar surface area (TPSA) is 140 Å². The van der Waals surface area contributed by atoms with Crippen molar-refractivity contribution >= 4 is 21.9 Å². The van der Waals surface area contributed by atoms with Crippen LogP contribution in [-0.4, -0.2) is 75.3 Å². The van der Waals surface area contributed by atoms with Gasteiger partial charge in [-0.05, 0) is 133 Å². The first-order chi connectivity index (χ1) is 35.5. The summed E-state index contributed by atoms with van der Waals surface area (Å²) in [6.07, 6.45) is 6.42. The van der Waals surface area contributed by atoms with Gasteiger partial charge in [-0.25, -0.2) is 0 Å². The quantitative estimate of drug-likeness (QED) is 0.0629.